The zero-order chi connectivity index (χ0) is 17.1. The lowest BCUT2D eigenvalue weighted by atomic mass is 10.0. The molecule has 4 nitrogen and oxygen atoms in total. The Balaban J connectivity index is 1.63. The summed E-state index contributed by atoms with van der Waals surface area (Å²) in [6.07, 6.45) is 2.55. The van der Waals surface area contributed by atoms with Crippen molar-refractivity contribution in [2.45, 2.75) is 26.3 Å². The van der Waals surface area contributed by atoms with Crippen LogP contribution >= 0.6 is 38.9 Å². The fourth-order valence-corrected chi connectivity index (χ4v) is 4.19. The van der Waals surface area contributed by atoms with Crippen molar-refractivity contribution in [3.8, 4) is 0 Å². The van der Waals surface area contributed by atoms with Gasteiger partial charge in [-0.05, 0) is 43.5 Å². The van der Waals surface area contributed by atoms with Crippen LogP contribution in [0.25, 0.3) is 0 Å². The second-order valence-corrected chi connectivity index (χ2v) is 8.39. The van der Waals surface area contributed by atoms with Gasteiger partial charge in [-0.25, -0.2) is 4.98 Å². The Morgan fingerprint density at radius 2 is 2.38 bits per heavy atom. The van der Waals surface area contributed by atoms with E-state index in [1.807, 2.05) is 5.38 Å². The summed E-state index contributed by atoms with van der Waals surface area (Å²) >= 11 is 10.9. The van der Waals surface area contributed by atoms with E-state index in [1.54, 1.807) is 18.2 Å². The molecule has 2 aromatic rings. The van der Waals surface area contributed by atoms with Crippen LogP contribution in [0.5, 0.6) is 0 Å². The van der Waals surface area contributed by atoms with Gasteiger partial charge in [-0.1, -0.05) is 34.5 Å². The molecule has 3 rings (SSSR count). The van der Waals surface area contributed by atoms with E-state index in [0.717, 1.165) is 35.7 Å². The Morgan fingerprint density at radius 3 is 3.17 bits per heavy atom. The van der Waals surface area contributed by atoms with Gasteiger partial charge in [0.2, 0.25) is 0 Å². The topological polar surface area (TPSA) is 45.2 Å². The summed E-state index contributed by atoms with van der Waals surface area (Å²) in [6.45, 7) is 5.37. The van der Waals surface area contributed by atoms with Gasteiger partial charge in [0.15, 0.2) is 5.13 Å². The van der Waals surface area contributed by atoms with Crippen molar-refractivity contribution in [3.63, 3.8) is 0 Å². The van der Waals surface area contributed by atoms with Gasteiger partial charge in [0.25, 0.3) is 5.91 Å². The predicted molar refractivity (Wildman–Crippen MR) is 103 cm³/mol. The van der Waals surface area contributed by atoms with Crippen molar-refractivity contribution in [2.75, 3.05) is 18.4 Å². The molecule has 1 saturated heterocycles. The number of nitrogens with one attached hydrogen (secondary N) is 1. The molecule has 0 aliphatic carbocycles. The first kappa shape index (κ1) is 17.9. The van der Waals surface area contributed by atoms with Gasteiger partial charge in [-0.2, -0.15) is 0 Å². The lowest BCUT2D eigenvalue weighted by molar-refractivity contribution is 0.102. The molecule has 1 N–H and O–H groups in total. The van der Waals surface area contributed by atoms with Crippen molar-refractivity contribution >= 4 is 49.9 Å². The maximum atomic E-state index is 12.4. The zero-order valence-electron chi connectivity index (χ0n) is 13.4. The predicted octanol–water partition coefficient (Wildman–Crippen LogP) is 5.04. The number of carbonyl (C=O) groups excluding carboxylic acids is 1. The van der Waals surface area contributed by atoms with Gasteiger partial charge in [-0.3, -0.25) is 15.0 Å². The van der Waals surface area contributed by atoms with Gasteiger partial charge < -0.3 is 0 Å². The van der Waals surface area contributed by atoms with Crippen LogP contribution < -0.4 is 5.32 Å². The molecule has 1 aromatic carbocycles. The number of thiazole rings is 1. The summed E-state index contributed by atoms with van der Waals surface area (Å²) in [5.41, 5.74) is 1.44. The molecule has 7 heteroatoms. The van der Waals surface area contributed by atoms with Crippen LogP contribution in [0.15, 0.2) is 28.1 Å². The van der Waals surface area contributed by atoms with Crippen molar-refractivity contribution in [2.24, 2.45) is 5.92 Å². The first-order valence-corrected chi connectivity index (χ1v) is 9.99. The minimum atomic E-state index is -0.242. The number of aromatic nitrogens is 1. The van der Waals surface area contributed by atoms with E-state index in [4.69, 9.17) is 11.6 Å². The molecule has 0 radical (unpaired) electrons. The monoisotopic (exact) mass is 427 g/mol. The Bertz CT molecular complexity index is 736. The van der Waals surface area contributed by atoms with Crippen molar-refractivity contribution in [3.05, 3.63) is 44.3 Å². The number of hydrogen-bond donors (Lipinski definition) is 1. The zero-order valence-corrected chi connectivity index (χ0v) is 16.5. The maximum absolute atomic E-state index is 12.4. The number of likely N-dealkylation sites (tertiary alicyclic amines) is 1. The molecule has 24 heavy (non-hydrogen) atoms. The van der Waals surface area contributed by atoms with E-state index < -0.39 is 0 Å². The van der Waals surface area contributed by atoms with E-state index in [2.05, 4.69) is 38.1 Å². The fourth-order valence-electron chi connectivity index (χ4n) is 2.93. The van der Waals surface area contributed by atoms with Crippen LogP contribution in [-0.4, -0.2) is 28.9 Å². The SMILES string of the molecule is C[C@H]1CCCN(Cc2csc(NC(=O)c3cc(Br)ccc3Cl)n2)C1. The molecule has 0 spiro atoms. The lowest BCUT2D eigenvalue weighted by Gasteiger charge is -2.30. The highest BCUT2D eigenvalue weighted by Crippen LogP contribution is 2.24. The van der Waals surface area contributed by atoms with E-state index in [1.165, 1.54) is 24.2 Å². The van der Waals surface area contributed by atoms with Crippen LogP contribution in [0.1, 0.15) is 35.8 Å². The van der Waals surface area contributed by atoms with E-state index in [0.29, 0.717) is 15.7 Å². The molecule has 0 bridgehead atoms. The summed E-state index contributed by atoms with van der Waals surface area (Å²) in [6, 6.07) is 5.22. The molecule has 128 valence electrons. The number of anilines is 1. The van der Waals surface area contributed by atoms with Crippen LogP contribution in [0, 0.1) is 5.92 Å². The number of amides is 1. The molecule has 1 amide bonds. The summed E-state index contributed by atoms with van der Waals surface area (Å²) < 4.78 is 0.816. The Labute approximate surface area is 159 Å². The van der Waals surface area contributed by atoms with E-state index in [-0.39, 0.29) is 5.91 Å². The Morgan fingerprint density at radius 1 is 1.54 bits per heavy atom. The molecule has 0 unspecified atom stereocenters. The third kappa shape index (κ3) is 4.57. The van der Waals surface area contributed by atoms with Gasteiger partial charge in [0.1, 0.15) is 0 Å². The average molecular weight is 429 g/mol. The first-order valence-electron chi connectivity index (χ1n) is 7.94. The highest BCUT2D eigenvalue weighted by Gasteiger charge is 2.18. The second-order valence-electron chi connectivity index (χ2n) is 6.20. The Kier molecular flexibility index (Phi) is 5.92. The number of hydrogen-bond acceptors (Lipinski definition) is 4. The molecule has 2 heterocycles. The van der Waals surface area contributed by atoms with E-state index >= 15 is 0 Å². The number of rotatable bonds is 4. The molecule has 1 atom stereocenters. The molecule has 1 fully saturated rings. The van der Waals surface area contributed by atoms with Crippen molar-refractivity contribution in [1.82, 2.24) is 9.88 Å². The average Bonchev–Trinajstić information content (AvgIpc) is 2.96. The highest BCUT2D eigenvalue weighted by atomic mass is 79.9. The standard InChI is InChI=1S/C17H19BrClN3OS/c1-11-3-2-6-22(8-11)9-13-10-24-17(20-13)21-16(23)14-7-12(18)4-5-15(14)19/h4-5,7,10-11H,2-3,6,8-9H2,1H3,(H,20,21,23)/t11-/m0/s1. The highest BCUT2D eigenvalue weighted by molar-refractivity contribution is 9.10. The summed E-state index contributed by atoms with van der Waals surface area (Å²) in [5, 5.41) is 5.88. The summed E-state index contributed by atoms with van der Waals surface area (Å²) in [4.78, 5) is 19.3. The number of piperidine rings is 1. The third-order valence-electron chi connectivity index (χ3n) is 4.07. The number of benzene rings is 1. The summed E-state index contributed by atoms with van der Waals surface area (Å²) in [5.74, 6) is 0.504. The van der Waals surface area contributed by atoms with Gasteiger partial charge in [0, 0.05) is 22.9 Å². The molecule has 0 saturated carbocycles. The number of halogens is 2. The van der Waals surface area contributed by atoms with Crippen LogP contribution in [0.4, 0.5) is 5.13 Å². The first-order chi connectivity index (χ1) is 11.5. The smallest absolute Gasteiger partial charge is 0.258 e. The van der Waals surface area contributed by atoms with Gasteiger partial charge in [0.05, 0.1) is 16.3 Å². The van der Waals surface area contributed by atoms with Gasteiger partial charge in [-0.15, -0.1) is 11.3 Å². The quantitative estimate of drug-likeness (QED) is 0.741. The maximum Gasteiger partial charge on any atom is 0.258 e. The van der Waals surface area contributed by atoms with Crippen molar-refractivity contribution < 1.29 is 4.79 Å². The summed E-state index contributed by atoms with van der Waals surface area (Å²) in [7, 11) is 0. The molecular weight excluding hydrogens is 410 g/mol. The van der Waals surface area contributed by atoms with E-state index in [9.17, 15) is 4.79 Å². The minimum Gasteiger partial charge on any atom is -0.298 e. The largest absolute Gasteiger partial charge is 0.298 e. The van der Waals surface area contributed by atoms with Crippen LogP contribution in [0.3, 0.4) is 0 Å². The molecular formula is C17H19BrClN3OS. The minimum absolute atomic E-state index is 0.242. The number of carbonyl (C=O) groups is 1. The van der Waals surface area contributed by atoms with Gasteiger partial charge >= 0.3 is 0 Å². The molecule has 1 aliphatic rings. The number of nitrogens with zero attached hydrogens (tertiary/aromatic N) is 2. The van der Waals surface area contributed by atoms with Crippen LogP contribution in [-0.2, 0) is 6.54 Å². The Hall–Kier alpha value is -0.950. The second kappa shape index (κ2) is 7.95. The normalized spacial score (nSPS) is 18.5. The van der Waals surface area contributed by atoms with Crippen molar-refractivity contribution in [1.29, 1.82) is 0 Å². The molecule has 1 aliphatic heterocycles. The molecule has 1 aromatic heterocycles. The third-order valence-corrected chi connectivity index (χ3v) is 5.70. The van der Waals surface area contributed by atoms with Crippen LogP contribution in [0.2, 0.25) is 5.02 Å². The lowest BCUT2D eigenvalue weighted by Crippen LogP contribution is -2.33. The fraction of sp³-hybridized carbons (Fsp3) is 0.412.